The number of aromatic nitrogens is 1. The molecule has 2 aromatic carbocycles. The minimum atomic E-state index is -0.353. The molecule has 0 atom stereocenters. The van der Waals surface area contributed by atoms with E-state index in [1.165, 1.54) is 0 Å². The minimum absolute atomic E-state index is 0.178. The van der Waals surface area contributed by atoms with Crippen LogP contribution in [0.5, 0.6) is 5.75 Å². The fourth-order valence-corrected chi connectivity index (χ4v) is 2.78. The quantitative estimate of drug-likeness (QED) is 0.641. The van der Waals surface area contributed by atoms with Gasteiger partial charge < -0.3 is 20.4 Å². The zero-order chi connectivity index (χ0) is 18.5. The molecule has 7 heteroatoms. The number of amides is 2. The van der Waals surface area contributed by atoms with E-state index in [2.05, 4.69) is 15.6 Å². The van der Waals surface area contributed by atoms with E-state index in [9.17, 15) is 9.59 Å². The summed E-state index contributed by atoms with van der Waals surface area (Å²) in [6.07, 6.45) is 0.417. The number of carbonyl (C=O) groups is 1. The molecule has 0 spiro atoms. The molecule has 0 saturated heterocycles. The molecule has 0 aliphatic rings. The molecule has 6 nitrogen and oxygen atoms in total. The topological polar surface area (TPSA) is 83.2 Å². The number of methoxy groups -OCH3 is 1. The summed E-state index contributed by atoms with van der Waals surface area (Å²) in [6, 6.07) is 13.8. The highest BCUT2D eigenvalue weighted by atomic mass is 35.5. The van der Waals surface area contributed by atoms with E-state index >= 15 is 0 Å². The molecule has 1 aromatic heterocycles. The highest BCUT2D eigenvalue weighted by Gasteiger charge is 2.06. The molecule has 0 saturated carbocycles. The van der Waals surface area contributed by atoms with E-state index < -0.39 is 0 Å². The van der Waals surface area contributed by atoms with Gasteiger partial charge in [-0.05, 0) is 48.2 Å². The summed E-state index contributed by atoms with van der Waals surface area (Å²) < 4.78 is 5.16. The first-order valence-electron chi connectivity index (χ1n) is 8.05. The maximum Gasteiger partial charge on any atom is 0.319 e. The summed E-state index contributed by atoms with van der Waals surface area (Å²) in [7, 11) is 1.58. The summed E-state index contributed by atoms with van der Waals surface area (Å²) in [5, 5.41) is 6.87. The Morgan fingerprint density at radius 3 is 2.81 bits per heavy atom. The third-order valence-electron chi connectivity index (χ3n) is 3.89. The fourth-order valence-electron chi connectivity index (χ4n) is 2.59. The first kappa shape index (κ1) is 17.8. The average molecular weight is 372 g/mol. The Morgan fingerprint density at radius 2 is 2.04 bits per heavy atom. The Bertz CT molecular complexity index is 1000. The van der Waals surface area contributed by atoms with Crippen molar-refractivity contribution in [2.75, 3.05) is 19.0 Å². The number of ether oxygens (including phenoxy) is 1. The summed E-state index contributed by atoms with van der Waals surface area (Å²) in [5.74, 6) is 0.681. The van der Waals surface area contributed by atoms with Crippen LogP contribution in [0.1, 0.15) is 5.56 Å². The molecular formula is C19H18ClN3O3. The van der Waals surface area contributed by atoms with E-state index in [-0.39, 0.29) is 11.6 Å². The van der Waals surface area contributed by atoms with Gasteiger partial charge in [-0.25, -0.2) is 4.79 Å². The molecule has 3 N–H and O–H groups in total. The van der Waals surface area contributed by atoms with Crippen LogP contribution in [0.3, 0.4) is 0 Å². The Hall–Kier alpha value is -2.99. The number of pyridine rings is 1. The van der Waals surface area contributed by atoms with Gasteiger partial charge in [-0.1, -0.05) is 17.7 Å². The summed E-state index contributed by atoms with van der Waals surface area (Å²) in [4.78, 5) is 27.0. The number of halogens is 1. The monoisotopic (exact) mass is 371 g/mol. The molecule has 3 aromatic rings. The highest BCUT2D eigenvalue weighted by molar-refractivity contribution is 6.30. The number of hydrogen-bond donors (Lipinski definition) is 3. The van der Waals surface area contributed by atoms with Gasteiger partial charge in [0.15, 0.2) is 0 Å². The van der Waals surface area contributed by atoms with Gasteiger partial charge in [0.05, 0.1) is 12.6 Å². The van der Waals surface area contributed by atoms with Crippen LogP contribution in [0.2, 0.25) is 5.02 Å². The van der Waals surface area contributed by atoms with Crippen molar-refractivity contribution in [3.8, 4) is 5.75 Å². The lowest BCUT2D eigenvalue weighted by atomic mass is 10.1. The van der Waals surface area contributed by atoms with E-state index in [0.29, 0.717) is 40.5 Å². The lowest BCUT2D eigenvalue weighted by molar-refractivity contribution is 0.252. The van der Waals surface area contributed by atoms with Gasteiger partial charge in [-0.15, -0.1) is 0 Å². The largest absolute Gasteiger partial charge is 0.497 e. The number of hydrogen-bond acceptors (Lipinski definition) is 3. The van der Waals surface area contributed by atoms with E-state index in [4.69, 9.17) is 16.3 Å². The van der Waals surface area contributed by atoms with Crippen molar-refractivity contribution >= 4 is 34.2 Å². The Morgan fingerprint density at radius 1 is 1.19 bits per heavy atom. The van der Waals surface area contributed by atoms with Crippen molar-refractivity contribution in [2.24, 2.45) is 0 Å². The van der Waals surface area contributed by atoms with Crippen LogP contribution in [0.15, 0.2) is 53.3 Å². The van der Waals surface area contributed by atoms with Gasteiger partial charge in [0.25, 0.3) is 5.56 Å². The molecule has 0 aliphatic heterocycles. The number of urea groups is 1. The molecule has 3 rings (SSSR count). The Kier molecular flexibility index (Phi) is 5.43. The fraction of sp³-hybridized carbons (Fsp3) is 0.158. The van der Waals surface area contributed by atoms with Crippen LogP contribution >= 0.6 is 11.6 Å². The number of rotatable bonds is 5. The lowest BCUT2D eigenvalue weighted by Crippen LogP contribution is -2.31. The van der Waals surface area contributed by atoms with Crippen LogP contribution in [0.4, 0.5) is 10.5 Å². The van der Waals surface area contributed by atoms with Crippen LogP contribution in [-0.2, 0) is 6.42 Å². The van der Waals surface area contributed by atoms with Crippen LogP contribution in [0.25, 0.3) is 10.9 Å². The number of carbonyl (C=O) groups excluding carboxylic acids is 1. The molecule has 0 fully saturated rings. The zero-order valence-corrected chi connectivity index (χ0v) is 14.9. The van der Waals surface area contributed by atoms with Crippen molar-refractivity contribution in [3.05, 3.63) is 69.5 Å². The van der Waals surface area contributed by atoms with Crippen molar-refractivity contribution in [1.82, 2.24) is 10.3 Å². The molecule has 0 bridgehead atoms. The van der Waals surface area contributed by atoms with E-state index in [0.717, 1.165) is 5.39 Å². The van der Waals surface area contributed by atoms with Gasteiger partial charge in [0, 0.05) is 28.9 Å². The molecule has 0 unspecified atom stereocenters. The maximum absolute atomic E-state index is 12.2. The second-order valence-electron chi connectivity index (χ2n) is 5.72. The van der Waals surface area contributed by atoms with Gasteiger partial charge >= 0.3 is 6.03 Å². The standard InChI is InChI=1S/C19H18ClN3O3/c1-26-16-6-5-12-9-13(18(24)23-17(12)11-16)7-8-21-19(25)22-15-4-2-3-14(20)10-15/h2-6,9-11H,7-8H2,1H3,(H,23,24)(H2,21,22,25). The maximum atomic E-state index is 12.2. The molecular weight excluding hydrogens is 354 g/mol. The number of H-pyrrole nitrogens is 1. The number of aromatic amines is 1. The van der Waals surface area contributed by atoms with Gasteiger partial charge in [-0.2, -0.15) is 0 Å². The number of anilines is 1. The van der Waals surface area contributed by atoms with Crippen molar-refractivity contribution in [3.63, 3.8) is 0 Å². The second kappa shape index (κ2) is 7.93. The van der Waals surface area contributed by atoms with Crippen LogP contribution in [-0.4, -0.2) is 24.7 Å². The van der Waals surface area contributed by atoms with Gasteiger partial charge in [0.2, 0.25) is 0 Å². The summed E-state index contributed by atoms with van der Waals surface area (Å²) >= 11 is 5.88. The van der Waals surface area contributed by atoms with E-state index in [1.807, 2.05) is 18.2 Å². The van der Waals surface area contributed by atoms with Crippen molar-refractivity contribution < 1.29 is 9.53 Å². The van der Waals surface area contributed by atoms with Gasteiger partial charge in [0.1, 0.15) is 5.75 Å². The number of nitrogens with one attached hydrogen (secondary N) is 3. The summed E-state index contributed by atoms with van der Waals surface area (Å²) in [6.45, 7) is 0.330. The first-order valence-corrected chi connectivity index (χ1v) is 8.43. The second-order valence-corrected chi connectivity index (χ2v) is 6.15. The number of benzene rings is 2. The normalized spacial score (nSPS) is 10.5. The van der Waals surface area contributed by atoms with Crippen LogP contribution < -0.4 is 20.9 Å². The first-order chi connectivity index (χ1) is 12.5. The van der Waals surface area contributed by atoms with E-state index in [1.54, 1.807) is 37.4 Å². The third kappa shape index (κ3) is 4.34. The molecule has 0 aliphatic carbocycles. The van der Waals surface area contributed by atoms with Gasteiger partial charge in [-0.3, -0.25) is 4.79 Å². The van der Waals surface area contributed by atoms with Crippen molar-refractivity contribution in [2.45, 2.75) is 6.42 Å². The average Bonchev–Trinajstić information content (AvgIpc) is 2.61. The summed E-state index contributed by atoms with van der Waals surface area (Å²) in [5.41, 5.74) is 1.74. The third-order valence-corrected chi connectivity index (χ3v) is 4.13. The predicted molar refractivity (Wildman–Crippen MR) is 103 cm³/mol. The Labute approximate surface area is 155 Å². The predicted octanol–water partition coefficient (Wildman–Crippen LogP) is 3.55. The smallest absolute Gasteiger partial charge is 0.319 e. The molecule has 1 heterocycles. The highest BCUT2D eigenvalue weighted by Crippen LogP contribution is 2.18. The number of fused-ring (bicyclic) bond motifs is 1. The molecule has 2 amide bonds. The molecule has 0 radical (unpaired) electrons. The SMILES string of the molecule is COc1ccc2cc(CCNC(=O)Nc3cccc(Cl)c3)c(=O)[nH]c2c1. The Balaban J connectivity index is 1.61. The molecule has 134 valence electrons. The zero-order valence-electron chi connectivity index (χ0n) is 14.1. The lowest BCUT2D eigenvalue weighted by Gasteiger charge is -2.08. The minimum Gasteiger partial charge on any atom is -0.497 e. The van der Waals surface area contributed by atoms with Crippen LogP contribution in [0, 0.1) is 0 Å². The molecule has 26 heavy (non-hydrogen) atoms. The van der Waals surface area contributed by atoms with Crippen molar-refractivity contribution in [1.29, 1.82) is 0 Å².